The van der Waals surface area contributed by atoms with Crippen LogP contribution in [-0.4, -0.2) is 23.7 Å². The molecule has 1 unspecified atom stereocenters. The zero-order chi connectivity index (χ0) is 16.7. The first-order chi connectivity index (χ1) is 11.1. The number of aliphatic hydroxyl groups excluding tert-OH is 1. The Bertz CT molecular complexity index is 655. The van der Waals surface area contributed by atoms with Gasteiger partial charge in [0, 0.05) is 6.54 Å². The van der Waals surface area contributed by atoms with Crippen molar-refractivity contribution in [3.63, 3.8) is 0 Å². The first-order valence-electron chi connectivity index (χ1n) is 7.78. The van der Waals surface area contributed by atoms with Crippen molar-refractivity contribution < 1.29 is 14.6 Å². The van der Waals surface area contributed by atoms with Crippen LogP contribution < -0.4 is 10.1 Å². The number of hydrogen-bond donors (Lipinski definition) is 2. The fourth-order valence-electron chi connectivity index (χ4n) is 2.32. The van der Waals surface area contributed by atoms with E-state index in [1.807, 2.05) is 6.07 Å². The van der Waals surface area contributed by atoms with E-state index in [0.717, 1.165) is 12.0 Å². The van der Waals surface area contributed by atoms with Crippen LogP contribution in [0.15, 0.2) is 48.5 Å². The third-order valence-corrected chi connectivity index (χ3v) is 3.56. The van der Waals surface area contributed by atoms with Crippen LogP contribution in [-0.2, 0) is 17.8 Å². The summed E-state index contributed by atoms with van der Waals surface area (Å²) in [5, 5.41) is 12.0. The van der Waals surface area contributed by atoms with E-state index < -0.39 is 6.10 Å². The lowest BCUT2D eigenvalue weighted by Gasteiger charge is -2.15. The van der Waals surface area contributed by atoms with Gasteiger partial charge in [-0.25, -0.2) is 0 Å². The van der Waals surface area contributed by atoms with Crippen molar-refractivity contribution in [3.8, 4) is 5.75 Å². The van der Waals surface area contributed by atoms with Gasteiger partial charge in [-0.3, -0.25) is 4.79 Å². The van der Waals surface area contributed by atoms with Gasteiger partial charge in [-0.2, -0.15) is 0 Å². The number of rotatable bonds is 7. The molecule has 23 heavy (non-hydrogen) atoms. The van der Waals surface area contributed by atoms with Gasteiger partial charge < -0.3 is 15.2 Å². The minimum atomic E-state index is -0.582. The van der Waals surface area contributed by atoms with Gasteiger partial charge in [0.1, 0.15) is 5.75 Å². The second kappa shape index (κ2) is 8.34. The van der Waals surface area contributed by atoms with Crippen molar-refractivity contribution >= 4 is 5.91 Å². The van der Waals surface area contributed by atoms with Crippen molar-refractivity contribution in [1.29, 1.82) is 0 Å². The van der Waals surface area contributed by atoms with E-state index in [9.17, 15) is 4.79 Å². The van der Waals surface area contributed by atoms with Crippen molar-refractivity contribution in [3.05, 3.63) is 65.2 Å². The fraction of sp³-hybridized carbons (Fsp3) is 0.316. The lowest BCUT2D eigenvalue weighted by Crippen LogP contribution is -2.37. The highest BCUT2D eigenvalue weighted by molar-refractivity contribution is 5.80. The summed E-state index contributed by atoms with van der Waals surface area (Å²) >= 11 is 0. The number of ether oxygens (including phenoxy) is 1. The molecule has 2 N–H and O–H groups in total. The van der Waals surface area contributed by atoms with E-state index in [1.54, 1.807) is 31.2 Å². The minimum Gasteiger partial charge on any atom is -0.481 e. The molecule has 0 aliphatic rings. The summed E-state index contributed by atoms with van der Waals surface area (Å²) in [5.74, 6) is 0.435. The maximum atomic E-state index is 12.1. The number of carbonyl (C=O) groups is 1. The van der Waals surface area contributed by atoms with Gasteiger partial charge >= 0.3 is 0 Å². The molecule has 0 spiro atoms. The highest BCUT2D eigenvalue weighted by atomic mass is 16.5. The largest absolute Gasteiger partial charge is 0.481 e. The Morgan fingerprint density at radius 1 is 1.17 bits per heavy atom. The average molecular weight is 313 g/mol. The molecule has 0 aliphatic carbocycles. The molecule has 4 heteroatoms. The summed E-state index contributed by atoms with van der Waals surface area (Å²) in [7, 11) is 0. The maximum Gasteiger partial charge on any atom is 0.260 e. The quantitative estimate of drug-likeness (QED) is 0.826. The monoisotopic (exact) mass is 313 g/mol. The normalized spacial score (nSPS) is 11.8. The molecule has 0 aliphatic heterocycles. The maximum absolute atomic E-state index is 12.1. The first kappa shape index (κ1) is 17.0. The Kier molecular flexibility index (Phi) is 6.18. The van der Waals surface area contributed by atoms with Crippen LogP contribution in [0.25, 0.3) is 0 Å². The Morgan fingerprint density at radius 2 is 1.91 bits per heavy atom. The van der Waals surface area contributed by atoms with Crippen LogP contribution in [0, 0.1) is 6.92 Å². The zero-order valence-electron chi connectivity index (χ0n) is 13.6. The topological polar surface area (TPSA) is 58.6 Å². The molecule has 2 rings (SSSR count). The van der Waals surface area contributed by atoms with Crippen molar-refractivity contribution in [2.45, 2.75) is 33.0 Å². The van der Waals surface area contributed by atoms with Gasteiger partial charge in [0.2, 0.25) is 0 Å². The Labute approximate surface area is 137 Å². The van der Waals surface area contributed by atoms with Gasteiger partial charge in [0.15, 0.2) is 6.10 Å². The highest BCUT2D eigenvalue weighted by Crippen LogP contribution is 2.15. The molecule has 122 valence electrons. The number of benzene rings is 2. The first-order valence-corrected chi connectivity index (χ1v) is 7.78. The summed E-state index contributed by atoms with van der Waals surface area (Å²) in [6.45, 7) is 4.30. The predicted octanol–water partition coefficient (Wildman–Crippen LogP) is 2.61. The van der Waals surface area contributed by atoms with Crippen LogP contribution >= 0.6 is 0 Å². The standard InChI is InChI=1S/C19H23NO3/c1-14-5-3-6-16(11-14)9-10-20-19(22)15(2)23-18-8-4-7-17(12-18)13-21/h3-8,11-12,15,21H,9-10,13H2,1-2H3,(H,20,22). The molecule has 2 aromatic rings. The van der Waals surface area contributed by atoms with E-state index in [-0.39, 0.29) is 12.5 Å². The fourth-order valence-corrected chi connectivity index (χ4v) is 2.32. The lowest BCUT2D eigenvalue weighted by molar-refractivity contribution is -0.127. The molecule has 0 radical (unpaired) electrons. The van der Waals surface area contributed by atoms with E-state index in [1.165, 1.54) is 11.1 Å². The summed E-state index contributed by atoms with van der Waals surface area (Å²) < 4.78 is 5.62. The third kappa shape index (κ3) is 5.42. The summed E-state index contributed by atoms with van der Waals surface area (Å²) in [4.78, 5) is 12.1. The number of amides is 1. The van der Waals surface area contributed by atoms with Crippen LogP contribution in [0.3, 0.4) is 0 Å². The molecule has 0 bridgehead atoms. The van der Waals surface area contributed by atoms with Crippen molar-refractivity contribution in [2.75, 3.05) is 6.54 Å². The van der Waals surface area contributed by atoms with Gasteiger partial charge in [-0.1, -0.05) is 42.0 Å². The second-order valence-electron chi connectivity index (χ2n) is 5.60. The number of carbonyl (C=O) groups excluding carboxylic acids is 1. The molecule has 1 amide bonds. The van der Waals surface area contributed by atoms with Gasteiger partial charge in [0.25, 0.3) is 5.91 Å². The van der Waals surface area contributed by atoms with Crippen molar-refractivity contribution in [1.82, 2.24) is 5.32 Å². The molecular weight excluding hydrogens is 290 g/mol. The molecule has 0 aromatic heterocycles. The zero-order valence-corrected chi connectivity index (χ0v) is 13.6. The molecular formula is C19H23NO3. The van der Waals surface area contributed by atoms with Crippen LogP contribution in [0.2, 0.25) is 0 Å². The van der Waals surface area contributed by atoms with Gasteiger partial charge in [0.05, 0.1) is 6.61 Å². The number of hydrogen-bond acceptors (Lipinski definition) is 3. The highest BCUT2D eigenvalue weighted by Gasteiger charge is 2.14. The van der Waals surface area contributed by atoms with E-state index in [0.29, 0.717) is 12.3 Å². The second-order valence-corrected chi connectivity index (χ2v) is 5.60. The molecule has 0 saturated heterocycles. The summed E-state index contributed by atoms with van der Waals surface area (Å²) in [6.07, 6.45) is 0.210. The van der Waals surface area contributed by atoms with E-state index in [2.05, 4.69) is 30.4 Å². The number of nitrogens with one attached hydrogen (secondary N) is 1. The van der Waals surface area contributed by atoms with E-state index in [4.69, 9.17) is 9.84 Å². The summed E-state index contributed by atoms with van der Waals surface area (Å²) in [5.41, 5.74) is 3.18. The number of aryl methyl sites for hydroxylation is 1. The Balaban J connectivity index is 1.80. The lowest BCUT2D eigenvalue weighted by atomic mass is 10.1. The smallest absolute Gasteiger partial charge is 0.260 e. The predicted molar refractivity (Wildman–Crippen MR) is 90.3 cm³/mol. The Hall–Kier alpha value is -2.33. The minimum absolute atomic E-state index is 0.0474. The molecule has 0 fully saturated rings. The SMILES string of the molecule is Cc1cccc(CCNC(=O)C(C)Oc2cccc(CO)c2)c1. The molecule has 0 saturated carbocycles. The van der Waals surface area contributed by atoms with Crippen LogP contribution in [0.5, 0.6) is 5.75 Å². The summed E-state index contributed by atoms with van der Waals surface area (Å²) in [6, 6.07) is 15.4. The van der Waals surface area contributed by atoms with Gasteiger partial charge in [-0.05, 0) is 43.5 Å². The Morgan fingerprint density at radius 3 is 2.65 bits per heavy atom. The van der Waals surface area contributed by atoms with Crippen LogP contribution in [0.1, 0.15) is 23.6 Å². The molecule has 1 atom stereocenters. The number of aliphatic hydroxyl groups is 1. The molecule has 4 nitrogen and oxygen atoms in total. The molecule has 0 heterocycles. The molecule has 2 aromatic carbocycles. The third-order valence-electron chi connectivity index (χ3n) is 3.56. The van der Waals surface area contributed by atoms with Crippen molar-refractivity contribution in [2.24, 2.45) is 0 Å². The van der Waals surface area contributed by atoms with E-state index >= 15 is 0 Å². The van der Waals surface area contributed by atoms with Gasteiger partial charge in [-0.15, -0.1) is 0 Å². The average Bonchev–Trinajstić information content (AvgIpc) is 2.55. The van der Waals surface area contributed by atoms with Crippen LogP contribution in [0.4, 0.5) is 0 Å².